The van der Waals surface area contributed by atoms with Crippen LogP contribution >= 0.6 is 0 Å². The van der Waals surface area contributed by atoms with Gasteiger partial charge in [-0.25, -0.2) is 0 Å². The van der Waals surface area contributed by atoms with Gasteiger partial charge in [0, 0.05) is 10.8 Å². The molecule has 0 saturated carbocycles. The minimum atomic E-state index is -4.51. The molecule has 0 fully saturated rings. The highest BCUT2D eigenvalue weighted by Gasteiger charge is 2.19. The molecule has 32 heavy (non-hydrogen) atoms. The summed E-state index contributed by atoms with van der Waals surface area (Å²) in [6, 6.07) is 23.4. The maximum atomic E-state index is 11.9. The van der Waals surface area contributed by atoms with Crippen LogP contribution in [0.1, 0.15) is 5.56 Å². The van der Waals surface area contributed by atoms with E-state index in [-0.39, 0.29) is 21.7 Å². The van der Waals surface area contributed by atoms with Crippen molar-refractivity contribution >= 4 is 38.0 Å². The van der Waals surface area contributed by atoms with Gasteiger partial charge in [-0.05, 0) is 36.2 Å². The summed E-state index contributed by atoms with van der Waals surface area (Å²) in [7, 11) is -4.51. The number of hydrogen-bond donors (Lipinski definition) is 2. The van der Waals surface area contributed by atoms with Gasteiger partial charge in [0.15, 0.2) is 0 Å². The molecular formula is C23H19N5O3S. The average molecular weight is 446 g/mol. The first kappa shape index (κ1) is 21.3. The van der Waals surface area contributed by atoms with Gasteiger partial charge in [0.25, 0.3) is 10.1 Å². The van der Waals surface area contributed by atoms with Gasteiger partial charge in [0.2, 0.25) is 0 Å². The Hall–Kier alpha value is -3.95. The molecule has 0 amide bonds. The van der Waals surface area contributed by atoms with Gasteiger partial charge in [-0.3, -0.25) is 4.55 Å². The highest BCUT2D eigenvalue weighted by atomic mass is 32.2. The van der Waals surface area contributed by atoms with E-state index in [1.807, 2.05) is 43.3 Å². The molecule has 0 saturated heterocycles. The molecule has 0 bridgehead atoms. The molecule has 0 radical (unpaired) electrons. The first-order valence-corrected chi connectivity index (χ1v) is 11.0. The molecule has 0 spiro atoms. The molecule has 160 valence electrons. The summed E-state index contributed by atoms with van der Waals surface area (Å²) in [5.74, 6) is 5.25. The molecule has 0 aliphatic rings. The van der Waals surface area contributed by atoms with Crippen LogP contribution < -0.4 is 5.84 Å². The molecule has 9 heteroatoms. The first-order valence-electron chi connectivity index (χ1n) is 9.60. The Labute approximate surface area is 184 Å². The predicted octanol–water partition coefficient (Wildman–Crippen LogP) is 6.43. The van der Waals surface area contributed by atoms with E-state index in [1.54, 1.807) is 36.4 Å². The first-order chi connectivity index (χ1) is 15.4. The van der Waals surface area contributed by atoms with Gasteiger partial charge < -0.3 is 5.84 Å². The molecule has 0 aliphatic heterocycles. The van der Waals surface area contributed by atoms with E-state index in [2.05, 4.69) is 20.6 Å². The van der Waals surface area contributed by atoms with Crippen molar-refractivity contribution < 1.29 is 13.0 Å². The quantitative estimate of drug-likeness (QED) is 0.158. The van der Waals surface area contributed by atoms with Crippen LogP contribution in [0.5, 0.6) is 0 Å². The average Bonchev–Trinajstić information content (AvgIpc) is 2.78. The smallest absolute Gasteiger partial charge is 0.295 e. The number of nitrogens with zero attached hydrogens (tertiary/aromatic N) is 4. The fourth-order valence-electron chi connectivity index (χ4n) is 3.34. The van der Waals surface area contributed by atoms with Crippen molar-refractivity contribution in [2.24, 2.45) is 26.4 Å². The molecule has 0 aliphatic carbocycles. The molecule has 3 N–H and O–H groups in total. The zero-order valence-corrected chi connectivity index (χ0v) is 17.9. The van der Waals surface area contributed by atoms with Crippen LogP contribution in [0.15, 0.2) is 104 Å². The number of fused-ring (bicyclic) bond motifs is 1. The van der Waals surface area contributed by atoms with Crippen molar-refractivity contribution in [1.82, 2.24) is 0 Å². The van der Waals surface area contributed by atoms with Crippen molar-refractivity contribution in [2.75, 3.05) is 0 Å². The second-order valence-electron chi connectivity index (χ2n) is 7.09. The van der Waals surface area contributed by atoms with E-state index in [1.165, 1.54) is 11.6 Å². The van der Waals surface area contributed by atoms with Crippen LogP contribution in [-0.2, 0) is 10.1 Å². The van der Waals surface area contributed by atoms with Gasteiger partial charge in [-0.1, -0.05) is 71.5 Å². The van der Waals surface area contributed by atoms with E-state index in [0.717, 1.165) is 11.1 Å². The van der Waals surface area contributed by atoms with Crippen molar-refractivity contribution in [1.29, 1.82) is 0 Å². The molecule has 4 aromatic carbocycles. The van der Waals surface area contributed by atoms with Crippen molar-refractivity contribution in [2.45, 2.75) is 11.8 Å². The summed E-state index contributed by atoms with van der Waals surface area (Å²) in [5, 5.41) is 16.3. The summed E-state index contributed by atoms with van der Waals surface area (Å²) >= 11 is 0. The lowest BCUT2D eigenvalue weighted by atomic mass is 10.0. The van der Waals surface area contributed by atoms with Crippen LogP contribution in [0, 0.1) is 6.92 Å². The van der Waals surface area contributed by atoms with E-state index < -0.39 is 10.1 Å². The van der Waals surface area contributed by atoms with Crippen LogP contribution in [0.4, 0.5) is 17.1 Å². The van der Waals surface area contributed by atoms with Crippen LogP contribution in [0.25, 0.3) is 21.9 Å². The summed E-state index contributed by atoms with van der Waals surface area (Å²) in [6.45, 7) is 2.03. The predicted molar refractivity (Wildman–Crippen MR) is 123 cm³/mol. The molecule has 0 aromatic heterocycles. The Balaban J connectivity index is 1.76. The lowest BCUT2D eigenvalue weighted by Crippen LogP contribution is -1.99. The zero-order chi connectivity index (χ0) is 22.7. The Morgan fingerprint density at radius 3 is 1.97 bits per heavy atom. The Morgan fingerprint density at radius 2 is 1.38 bits per heavy atom. The van der Waals surface area contributed by atoms with Crippen molar-refractivity contribution in [3.63, 3.8) is 0 Å². The van der Waals surface area contributed by atoms with E-state index in [0.29, 0.717) is 11.1 Å². The number of hydrogen-bond acceptors (Lipinski definition) is 6. The standard InChI is InChI=1S/C23H19N5O3S/c1-15-6-8-16(9-7-15)17-10-12-18(13-11-17)25-26-21-14-22(32(29,30)31)19-4-2-3-5-20(19)23(21)27-28-24/h2-14H,1H3,(H2,24,27)(H,29,30,31)/b26-25+. The van der Waals surface area contributed by atoms with Crippen LogP contribution in [0.2, 0.25) is 0 Å². The molecule has 0 unspecified atom stereocenters. The highest BCUT2D eigenvalue weighted by Crippen LogP contribution is 2.40. The third-order valence-corrected chi connectivity index (χ3v) is 5.81. The Morgan fingerprint density at radius 1 is 0.781 bits per heavy atom. The molecule has 4 rings (SSSR count). The van der Waals surface area contributed by atoms with Crippen LogP contribution in [-0.4, -0.2) is 13.0 Å². The van der Waals surface area contributed by atoms with Gasteiger partial charge in [0.05, 0.1) is 5.69 Å². The fourth-order valence-corrected chi connectivity index (χ4v) is 4.06. The minimum Gasteiger partial charge on any atom is -0.305 e. The van der Waals surface area contributed by atoms with E-state index in [4.69, 9.17) is 5.84 Å². The van der Waals surface area contributed by atoms with Crippen molar-refractivity contribution in [3.8, 4) is 11.1 Å². The lowest BCUT2D eigenvalue weighted by molar-refractivity contribution is 0.484. The lowest BCUT2D eigenvalue weighted by Gasteiger charge is -2.08. The normalized spacial score (nSPS) is 12.2. The number of aryl methyl sites for hydroxylation is 1. The molecular weight excluding hydrogens is 426 g/mol. The monoisotopic (exact) mass is 445 g/mol. The number of rotatable bonds is 5. The van der Waals surface area contributed by atoms with Crippen molar-refractivity contribution in [3.05, 3.63) is 84.4 Å². The third-order valence-electron chi connectivity index (χ3n) is 4.92. The van der Waals surface area contributed by atoms with Gasteiger partial charge in [-0.2, -0.15) is 13.5 Å². The summed E-state index contributed by atoms with van der Waals surface area (Å²) in [5.41, 5.74) is 4.20. The Kier molecular flexibility index (Phi) is 5.76. The minimum absolute atomic E-state index is 0.105. The zero-order valence-electron chi connectivity index (χ0n) is 17.0. The van der Waals surface area contributed by atoms with Gasteiger partial charge in [0.1, 0.15) is 16.3 Å². The highest BCUT2D eigenvalue weighted by molar-refractivity contribution is 7.86. The summed E-state index contributed by atoms with van der Waals surface area (Å²) in [6.07, 6.45) is 0. The molecule has 0 heterocycles. The molecule has 0 atom stereocenters. The molecule has 8 nitrogen and oxygen atoms in total. The van der Waals surface area contributed by atoms with Gasteiger partial charge in [-0.15, -0.1) is 10.2 Å². The number of benzene rings is 4. The van der Waals surface area contributed by atoms with E-state index in [9.17, 15) is 13.0 Å². The Bertz CT molecular complexity index is 1450. The largest absolute Gasteiger partial charge is 0.305 e. The second-order valence-corrected chi connectivity index (χ2v) is 8.48. The topological polar surface area (TPSA) is 130 Å². The summed E-state index contributed by atoms with van der Waals surface area (Å²) < 4.78 is 33.6. The maximum Gasteiger partial charge on any atom is 0.295 e. The van der Waals surface area contributed by atoms with E-state index >= 15 is 0 Å². The third kappa shape index (κ3) is 4.39. The number of nitrogens with two attached hydrogens (primary N) is 1. The number of azo groups is 1. The SMILES string of the molecule is Cc1ccc(-c2ccc(/N=N/c3cc(S(=O)(=O)O)c4ccccc4c3N=NN)cc2)cc1. The molecule has 4 aromatic rings. The summed E-state index contributed by atoms with van der Waals surface area (Å²) in [4.78, 5) is -0.298. The fraction of sp³-hybridized carbons (Fsp3) is 0.0435. The maximum absolute atomic E-state index is 11.9. The second kappa shape index (κ2) is 8.66. The van der Waals surface area contributed by atoms with Crippen LogP contribution in [0.3, 0.4) is 0 Å². The van der Waals surface area contributed by atoms with Gasteiger partial charge >= 0.3 is 0 Å².